The molecule has 5 heteroatoms. The molecule has 0 radical (unpaired) electrons. The van der Waals surface area contributed by atoms with Crippen LogP contribution in [0.4, 0.5) is 4.39 Å². The van der Waals surface area contributed by atoms with Gasteiger partial charge in [0, 0.05) is 28.7 Å². The van der Waals surface area contributed by atoms with Gasteiger partial charge in [-0.3, -0.25) is 9.69 Å². The molecule has 1 aromatic carbocycles. The third-order valence-corrected chi connectivity index (χ3v) is 3.65. The van der Waals surface area contributed by atoms with Crippen LogP contribution in [0, 0.1) is 5.82 Å². The van der Waals surface area contributed by atoms with E-state index in [-0.39, 0.29) is 24.3 Å². The van der Waals surface area contributed by atoms with E-state index < -0.39 is 5.97 Å². The summed E-state index contributed by atoms with van der Waals surface area (Å²) in [5, 5.41) is 8.78. The molecule has 0 saturated heterocycles. The normalized spacial score (nSPS) is 13.0. The van der Waals surface area contributed by atoms with E-state index in [2.05, 4.69) is 15.9 Å². The maximum absolute atomic E-state index is 14.0. The third kappa shape index (κ3) is 4.58. The van der Waals surface area contributed by atoms with Crippen LogP contribution in [0.25, 0.3) is 0 Å². The Morgan fingerprint density at radius 2 is 2.05 bits per heavy atom. The van der Waals surface area contributed by atoms with Gasteiger partial charge in [-0.25, -0.2) is 4.39 Å². The summed E-state index contributed by atoms with van der Waals surface area (Å²) in [6.45, 7) is 6.27. The molecule has 1 unspecified atom stereocenters. The molecule has 0 aliphatic heterocycles. The molecule has 0 bridgehead atoms. The van der Waals surface area contributed by atoms with Crippen molar-refractivity contribution in [2.75, 3.05) is 6.54 Å². The van der Waals surface area contributed by atoms with Crippen LogP contribution in [0.1, 0.15) is 38.8 Å². The number of carbonyl (C=O) groups is 1. The highest BCUT2D eigenvalue weighted by Crippen LogP contribution is 2.27. The van der Waals surface area contributed by atoms with Gasteiger partial charge in [0.15, 0.2) is 0 Å². The van der Waals surface area contributed by atoms with Gasteiger partial charge in [-0.2, -0.15) is 0 Å². The lowest BCUT2D eigenvalue weighted by Crippen LogP contribution is -2.35. The number of nitrogens with zero attached hydrogens (tertiary/aromatic N) is 1. The fourth-order valence-electron chi connectivity index (χ4n) is 2.14. The first-order chi connectivity index (χ1) is 8.82. The molecule has 106 valence electrons. The summed E-state index contributed by atoms with van der Waals surface area (Å²) in [7, 11) is 0. The molecule has 0 spiro atoms. The Hall–Kier alpha value is -0.940. The largest absolute Gasteiger partial charge is 0.481 e. The highest BCUT2D eigenvalue weighted by Gasteiger charge is 2.22. The molecule has 0 fully saturated rings. The Morgan fingerprint density at radius 1 is 1.42 bits per heavy atom. The van der Waals surface area contributed by atoms with Crippen LogP contribution in [-0.2, 0) is 4.79 Å². The van der Waals surface area contributed by atoms with Crippen LogP contribution in [0.15, 0.2) is 22.7 Å². The van der Waals surface area contributed by atoms with Gasteiger partial charge in [0.1, 0.15) is 5.82 Å². The topological polar surface area (TPSA) is 40.5 Å². The fraction of sp³-hybridized carbons (Fsp3) is 0.500. The van der Waals surface area contributed by atoms with Crippen LogP contribution in [0.2, 0.25) is 0 Å². The molecule has 0 amide bonds. The lowest BCUT2D eigenvalue weighted by Gasteiger charge is -2.32. The fourth-order valence-corrected chi connectivity index (χ4v) is 2.48. The first-order valence-electron chi connectivity index (χ1n) is 6.25. The minimum atomic E-state index is -0.839. The van der Waals surface area contributed by atoms with E-state index in [0.717, 1.165) is 0 Å². The number of hydrogen-bond donors (Lipinski definition) is 1. The number of halogens is 2. The second kappa shape index (κ2) is 7.01. The molecule has 0 saturated carbocycles. The summed E-state index contributed by atoms with van der Waals surface area (Å²) in [5.74, 6) is -1.11. The molecular weight excluding hydrogens is 313 g/mol. The smallest absolute Gasteiger partial charge is 0.304 e. The summed E-state index contributed by atoms with van der Waals surface area (Å²) < 4.78 is 14.6. The summed E-state index contributed by atoms with van der Waals surface area (Å²) in [6, 6.07) is 4.96. The lowest BCUT2D eigenvalue weighted by molar-refractivity contribution is -0.137. The van der Waals surface area contributed by atoms with Crippen LogP contribution in [-0.4, -0.2) is 28.6 Å². The van der Waals surface area contributed by atoms with E-state index >= 15 is 0 Å². The Bertz CT molecular complexity index is 451. The molecule has 19 heavy (non-hydrogen) atoms. The van der Waals surface area contributed by atoms with Gasteiger partial charge >= 0.3 is 5.97 Å². The number of rotatable bonds is 6. The predicted molar refractivity (Wildman–Crippen MR) is 76.6 cm³/mol. The number of hydrogen-bond acceptors (Lipinski definition) is 2. The van der Waals surface area contributed by atoms with E-state index in [1.165, 1.54) is 6.07 Å². The van der Waals surface area contributed by atoms with Crippen LogP contribution >= 0.6 is 15.9 Å². The Labute approximate surface area is 121 Å². The summed E-state index contributed by atoms with van der Waals surface area (Å²) in [5.41, 5.74) is 0.585. The quantitative estimate of drug-likeness (QED) is 0.861. The number of carboxylic acid groups (broad SMARTS) is 1. The minimum absolute atomic E-state index is 0.0562. The number of carboxylic acids is 1. The molecule has 1 rings (SSSR count). The van der Waals surface area contributed by atoms with Crippen LogP contribution in [0.3, 0.4) is 0 Å². The van der Waals surface area contributed by atoms with E-state index in [1.807, 2.05) is 25.7 Å². The molecule has 0 aromatic heterocycles. The van der Waals surface area contributed by atoms with Crippen molar-refractivity contribution < 1.29 is 14.3 Å². The zero-order chi connectivity index (χ0) is 14.6. The van der Waals surface area contributed by atoms with Crippen LogP contribution in [0.5, 0.6) is 0 Å². The Balaban J connectivity index is 2.92. The van der Waals surface area contributed by atoms with Crippen molar-refractivity contribution in [3.05, 3.63) is 34.1 Å². The SMILES string of the molecule is CC(C)N(CCC(=O)O)C(C)c1ccc(Br)cc1F. The predicted octanol–water partition coefficient (Wildman–Crippen LogP) is 3.83. The minimum Gasteiger partial charge on any atom is -0.481 e. The molecule has 0 aliphatic carbocycles. The zero-order valence-electron chi connectivity index (χ0n) is 11.4. The standard InChI is InChI=1S/C14H19BrFNO2/c1-9(2)17(7-6-14(18)19)10(3)12-5-4-11(15)8-13(12)16/h4-5,8-10H,6-7H2,1-3H3,(H,18,19). The van der Waals surface area contributed by atoms with Gasteiger partial charge in [-0.1, -0.05) is 22.0 Å². The van der Waals surface area contributed by atoms with Crippen molar-refractivity contribution in [3.63, 3.8) is 0 Å². The van der Waals surface area contributed by atoms with Crippen molar-refractivity contribution in [2.24, 2.45) is 0 Å². The van der Waals surface area contributed by atoms with Crippen LogP contribution < -0.4 is 0 Å². The third-order valence-electron chi connectivity index (χ3n) is 3.16. The number of aliphatic carboxylic acids is 1. The van der Waals surface area contributed by atoms with Crippen molar-refractivity contribution in [2.45, 2.75) is 39.3 Å². The molecule has 1 atom stereocenters. The summed E-state index contributed by atoms with van der Waals surface area (Å²) in [6.07, 6.45) is 0.0562. The summed E-state index contributed by atoms with van der Waals surface area (Å²) >= 11 is 3.23. The molecule has 0 heterocycles. The highest BCUT2D eigenvalue weighted by molar-refractivity contribution is 9.10. The van der Waals surface area contributed by atoms with E-state index in [9.17, 15) is 9.18 Å². The Morgan fingerprint density at radius 3 is 2.53 bits per heavy atom. The van der Waals surface area contributed by atoms with E-state index in [1.54, 1.807) is 12.1 Å². The first-order valence-corrected chi connectivity index (χ1v) is 7.04. The maximum atomic E-state index is 14.0. The number of benzene rings is 1. The van der Waals surface area contributed by atoms with Gasteiger partial charge in [-0.05, 0) is 32.9 Å². The monoisotopic (exact) mass is 331 g/mol. The second-order valence-electron chi connectivity index (χ2n) is 4.82. The lowest BCUT2D eigenvalue weighted by atomic mass is 10.0. The van der Waals surface area contributed by atoms with Gasteiger partial charge in [0.2, 0.25) is 0 Å². The van der Waals surface area contributed by atoms with Gasteiger partial charge in [-0.15, -0.1) is 0 Å². The van der Waals surface area contributed by atoms with E-state index in [4.69, 9.17) is 5.11 Å². The average Bonchev–Trinajstić information content (AvgIpc) is 2.27. The van der Waals surface area contributed by atoms with Crippen molar-refractivity contribution in [1.82, 2.24) is 4.90 Å². The average molecular weight is 332 g/mol. The van der Waals surface area contributed by atoms with Gasteiger partial charge in [0.25, 0.3) is 0 Å². The highest BCUT2D eigenvalue weighted by atomic mass is 79.9. The Kier molecular flexibility index (Phi) is 5.94. The first kappa shape index (κ1) is 16.1. The zero-order valence-corrected chi connectivity index (χ0v) is 12.9. The van der Waals surface area contributed by atoms with Gasteiger partial charge in [0.05, 0.1) is 6.42 Å². The van der Waals surface area contributed by atoms with Crippen molar-refractivity contribution >= 4 is 21.9 Å². The van der Waals surface area contributed by atoms with Crippen molar-refractivity contribution in [1.29, 1.82) is 0 Å². The van der Waals surface area contributed by atoms with Crippen molar-refractivity contribution in [3.8, 4) is 0 Å². The summed E-state index contributed by atoms with van der Waals surface area (Å²) in [4.78, 5) is 12.7. The van der Waals surface area contributed by atoms with E-state index in [0.29, 0.717) is 16.6 Å². The maximum Gasteiger partial charge on any atom is 0.304 e. The molecule has 1 aromatic rings. The second-order valence-corrected chi connectivity index (χ2v) is 5.73. The molecule has 3 nitrogen and oxygen atoms in total. The molecule has 0 aliphatic rings. The van der Waals surface area contributed by atoms with Gasteiger partial charge < -0.3 is 5.11 Å². The molecule has 1 N–H and O–H groups in total. The molecular formula is C14H19BrFNO2.